The largest absolute Gasteiger partial charge is 0.478 e. The van der Waals surface area contributed by atoms with Crippen molar-refractivity contribution in [1.82, 2.24) is 15.0 Å². The summed E-state index contributed by atoms with van der Waals surface area (Å²) in [6, 6.07) is 12.3. The highest BCUT2D eigenvalue weighted by molar-refractivity contribution is 7.99. The van der Waals surface area contributed by atoms with E-state index in [-0.39, 0.29) is 17.2 Å². The first-order valence-corrected chi connectivity index (χ1v) is 9.40. The van der Waals surface area contributed by atoms with E-state index < -0.39 is 5.97 Å². The lowest BCUT2D eigenvalue weighted by Gasteiger charge is -1.99. The molecule has 0 radical (unpaired) electrons. The summed E-state index contributed by atoms with van der Waals surface area (Å²) < 4.78 is 0.713. The number of H-pyrrole nitrogens is 1. The van der Waals surface area contributed by atoms with E-state index in [0.717, 1.165) is 11.0 Å². The number of para-hydroxylation sites is 2. The highest BCUT2D eigenvalue weighted by Crippen LogP contribution is 2.27. The number of aromatic carboxylic acids is 1. The van der Waals surface area contributed by atoms with Gasteiger partial charge in [0.1, 0.15) is 0 Å². The van der Waals surface area contributed by atoms with Gasteiger partial charge in [0.25, 0.3) is 0 Å². The first-order valence-electron chi connectivity index (χ1n) is 7.60. The third-order valence-electron chi connectivity index (χ3n) is 3.59. The van der Waals surface area contributed by atoms with Crippen molar-refractivity contribution >= 4 is 61.4 Å². The molecule has 4 rings (SSSR count). The predicted octanol–water partition coefficient (Wildman–Crippen LogP) is 3.60. The predicted molar refractivity (Wildman–Crippen MR) is 102 cm³/mol. The van der Waals surface area contributed by atoms with E-state index in [9.17, 15) is 9.59 Å². The Balaban J connectivity index is 1.42. The second-order valence-electron chi connectivity index (χ2n) is 5.40. The molecule has 4 aromatic rings. The highest BCUT2D eigenvalue weighted by Gasteiger charge is 2.12. The van der Waals surface area contributed by atoms with Crippen LogP contribution in [0.25, 0.3) is 21.3 Å². The summed E-state index contributed by atoms with van der Waals surface area (Å²) in [5, 5.41) is 12.9. The fourth-order valence-corrected chi connectivity index (χ4v) is 4.00. The molecule has 2 aromatic heterocycles. The molecule has 0 aliphatic carbocycles. The number of anilines is 1. The van der Waals surface area contributed by atoms with Crippen LogP contribution < -0.4 is 5.32 Å². The molecule has 1 amide bonds. The van der Waals surface area contributed by atoms with Crippen molar-refractivity contribution in [3.63, 3.8) is 0 Å². The standard InChI is InChI=1S/C17H12N4O3S2/c22-14(8-25-16-18-10-3-1-2-4-11(10)19-16)21-17-20-12-6-5-9(15(23)24)7-13(12)26-17/h1-7H,8H2,(H,18,19)(H,23,24)(H,20,21,22). The van der Waals surface area contributed by atoms with Crippen molar-refractivity contribution in [3.8, 4) is 0 Å². The molecular formula is C17H12N4O3S2. The summed E-state index contributed by atoms with van der Waals surface area (Å²) in [6.07, 6.45) is 0. The van der Waals surface area contributed by atoms with E-state index in [4.69, 9.17) is 5.11 Å². The number of carboxylic acid groups (broad SMARTS) is 1. The van der Waals surface area contributed by atoms with Crippen molar-refractivity contribution in [2.45, 2.75) is 5.16 Å². The van der Waals surface area contributed by atoms with Gasteiger partial charge in [-0.2, -0.15) is 0 Å². The van der Waals surface area contributed by atoms with E-state index in [2.05, 4.69) is 20.3 Å². The Labute approximate surface area is 155 Å². The molecule has 2 heterocycles. The maximum absolute atomic E-state index is 12.2. The normalized spacial score (nSPS) is 11.1. The number of aromatic amines is 1. The monoisotopic (exact) mass is 384 g/mol. The van der Waals surface area contributed by atoms with E-state index in [1.807, 2.05) is 24.3 Å². The zero-order valence-electron chi connectivity index (χ0n) is 13.2. The molecule has 130 valence electrons. The Morgan fingerprint density at radius 3 is 2.81 bits per heavy atom. The second-order valence-corrected chi connectivity index (χ2v) is 7.40. The minimum atomic E-state index is -0.992. The van der Waals surface area contributed by atoms with E-state index in [1.165, 1.54) is 29.2 Å². The Morgan fingerprint density at radius 2 is 2.00 bits per heavy atom. The molecule has 0 unspecified atom stereocenters. The highest BCUT2D eigenvalue weighted by atomic mass is 32.2. The van der Waals surface area contributed by atoms with Crippen LogP contribution in [0.2, 0.25) is 0 Å². The van der Waals surface area contributed by atoms with E-state index >= 15 is 0 Å². The molecule has 26 heavy (non-hydrogen) atoms. The van der Waals surface area contributed by atoms with Gasteiger partial charge in [0, 0.05) is 0 Å². The molecular weight excluding hydrogens is 372 g/mol. The lowest BCUT2D eigenvalue weighted by atomic mass is 10.2. The van der Waals surface area contributed by atoms with Gasteiger partial charge in [0.05, 0.1) is 32.6 Å². The number of imidazole rings is 1. The van der Waals surface area contributed by atoms with Crippen LogP contribution >= 0.6 is 23.1 Å². The lowest BCUT2D eigenvalue weighted by Crippen LogP contribution is -2.13. The van der Waals surface area contributed by atoms with Crippen LogP contribution in [0.5, 0.6) is 0 Å². The summed E-state index contributed by atoms with van der Waals surface area (Å²) in [7, 11) is 0. The van der Waals surface area contributed by atoms with E-state index in [1.54, 1.807) is 12.1 Å². The number of benzene rings is 2. The molecule has 0 aliphatic rings. The zero-order chi connectivity index (χ0) is 18.1. The average molecular weight is 384 g/mol. The summed E-state index contributed by atoms with van der Waals surface area (Å²) >= 11 is 2.55. The molecule has 3 N–H and O–H groups in total. The molecule has 2 aromatic carbocycles. The molecule has 9 heteroatoms. The quantitative estimate of drug-likeness (QED) is 0.454. The van der Waals surface area contributed by atoms with Crippen LogP contribution in [0.1, 0.15) is 10.4 Å². The molecule has 0 spiro atoms. The number of carbonyl (C=O) groups is 2. The number of rotatable bonds is 5. The first kappa shape index (κ1) is 16.6. The number of carbonyl (C=O) groups excluding carboxylic acids is 1. The number of fused-ring (bicyclic) bond motifs is 2. The van der Waals surface area contributed by atoms with Crippen molar-refractivity contribution in [2.24, 2.45) is 0 Å². The van der Waals surface area contributed by atoms with Gasteiger partial charge < -0.3 is 15.4 Å². The maximum atomic E-state index is 12.2. The minimum absolute atomic E-state index is 0.191. The molecule has 0 atom stereocenters. The van der Waals surface area contributed by atoms with Gasteiger partial charge in [-0.25, -0.2) is 14.8 Å². The Bertz CT molecular complexity index is 1100. The van der Waals surface area contributed by atoms with Crippen molar-refractivity contribution < 1.29 is 14.7 Å². The number of thioether (sulfide) groups is 1. The minimum Gasteiger partial charge on any atom is -0.478 e. The van der Waals surface area contributed by atoms with Crippen LogP contribution in [0, 0.1) is 0 Å². The van der Waals surface area contributed by atoms with Gasteiger partial charge in [-0.3, -0.25) is 4.79 Å². The number of aromatic nitrogens is 3. The molecule has 0 aliphatic heterocycles. The van der Waals surface area contributed by atoms with Crippen LogP contribution in [0.4, 0.5) is 5.13 Å². The van der Waals surface area contributed by atoms with Crippen molar-refractivity contribution in [1.29, 1.82) is 0 Å². The average Bonchev–Trinajstić information content (AvgIpc) is 3.21. The van der Waals surface area contributed by atoms with Crippen molar-refractivity contribution in [3.05, 3.63) is 48.0 Å². The van der Waals surface area contributed by atoms with E-state index in [0.29, 0.717) is 20.5 Å². The first-order chi connectivity index (χ1) is 12.6. The van der Waals surface area contributed by atoms with Crippen LogP contribution in [0.3, 0.4) is 0 Å². The van der Waals surface area contributed by atoms with Crippen LogP contribution in [-0.2, 0) is 4.79 Å². The van der Waals surface area contributed by atoms with Crippen LogP contribution in [-0.4, -0.2) is 37.7 Å². The molecule has 7 nitrogen and oxygen atoms in total. The third kappa shape index (κ3) is 3.39. The fraction of sp³-hybridized carbons (Fsp3) is 0.0588. The van der Waals surface area contributed by atoms with Crippen LogP contribution in [0.15, 0.2) is 47.6 Å². The molecule has 0 saturated heterocycles. The number of carboxylic acids is 1. The Morgan fingerprint density at radius 1 is 1.15 bits per heavy atom. The molecule has 0 fully saturated rings. The summed E-state index contributed by atoms with van der Waals surface area (Å²) in [5.74, 6) is -1.00. The lowest BCUT2D eigenvalue weighted by molar-refractivity contribution is -0.113. The van der Waals surface area contributed by atoms with Gasteiger partial charge in [0.15, 0.2) is 10.3 Å². The Kier molecular flexibility index (Phi) is 4.31. The van der Waals surface area contributed by atoms with Gasteiger partial charge in [-0.1, -0.05) is 35.2 Å². The summed E-state index contributed by atoms with van der Waals surface area (Å²) in [4.78, 5) is 35.0. The maximum Gasteiger partial charge on any atom is 0.335 e. The number of nitrogens with zero attached hydrogens (tertiary/aromatic N) is 2. The fourth-order valence-electron chi connectivity index (χ4n) is 2.40. The number of nitrogens with one attached hydrogen (secondary N) is 2. The van der Waals surface area contributed by atoms with Crippen molar-refractivity contribution in [2.75, 3.05) is 11.1 Å². The zero-order valence-corrected chi connectivity index (χ0v) is 14.9. The molecule has 0 bridgehead atoms. The number of hydrogen-bond acceptors (Lipinski definition) is 6. The van der Waals surface area contributed by atoms with Gasteiger partial charge in [-0.15, -0.1) is 0 Å². The smallest absolute Gasteiger partial charge is 0.335 e. The SMILES string of the molecule is O=C(CSc1nc2ccccc2[nH]1)Nc1nc2ccc(C(=O)O)cc2s1. The van der Waals surface area contributed by atoms with Gasteiger partial charge >= 0.3 is 5.97 Å². The topological polar surface area (TPSA) is 108 Å². The Hall–Kier alpha value is -2.91. The second kappa shape index (κ2) is 6.77. The number of hydrogen-bond donors (Lipinski definition) is 3. The summed E-state index contributed by atoms with van der Waals surface area (Å²) in [5.41, 5.74) is 2.63. The molecule has 0 saturated carbocycles. The third-order valence-corrected chi connectivity index (χ3v) is 5.40. The number of thiazole rings is 1. The van der Waals surface area contributed by atoms with Gasteiger partial charge in [0.2, 0.25) is 5.91 Å². The number of amides is 1. The van der Waals surface area contributed by atoms with Gasteiger partial charge in [-0.05, 0) is 30.3 Å². The summed E-state index contributed by atoms with van der Waals surface area (Å²) in [6.45, 7) is 0.